The van der Waals surface area contributed by atoms with Gasteiger partial charge < -0.3 is 18.5 Å². The second-order valence-electron chi connectivity index (χ2n) is 8.29. The minimum Gasteiger partial charge on any atom is -0.487 e. The summed E-state index contributed by atoms with van der Waals surface area (Å²) in [5.74, 6) is -0.316. The highest BCUT2D eigenvalue weighted by molar-refractivity contribution is 7.09. The number of pyridine rings is 1. The Balaban J connectivity index is 1.42. The molecule has 1 aliphatic heterocycles. The predicted octanol–water partition coefficient (Wildman–Crippen LogP) is 3.44. The molecule has 180 valence electrons. The Kier molecular flexibility index (Phi) is 6.52. The highest BCUT2D eigenvalue weighted by Gasteiger charge is 2.26. The van der Waals surface area contributed by atoms with Gasteiger partial charge in [0.05, 0.1) is 18.8 Å². The molecule has 0 amide bonds. The molecular formula is C26H24N2O6S. The second kappa shape index (κ2) is 9.89. The molecule has 35 heavy (non-hydrogen) atoms. The standard InChI is InChI=1S/C26H24N2O6S/c1-32-26(31)24-20-8-9-27(14-17-15-33-21-7-3-2-6-19(21)25(17)30)10-11-28(20)23(29)13-22(24)34-16-18-5-4-12-35-18/h2-7,12-13,15H,8-11,14,16H2,1H3. The van der Waals surface area contributed by atoms with Gasteiger partial charge in [0, 0.05) is 54.8 Å². The van der Waals surface area contributed by atoms with E-state index in [4.69, 9.17) is 13.9 Å². The van der Waals surface area contributed by atoms with Crippen LogP contribution in [0.4, 0.5) is 0 Å². The number of benzene rings is 1. The van der Waals surface area contributed by atoms with E-state index in [9.17, 15) is 14.4 Å². The maximum Gasteiger partial charge on any atom is 0.343 e. The summed E-state index contributed by atoms with van der Waals surface area (Å²) in [6, 6.07) is 12.4. The average Bonchev–Trinajstić information content (AvgIpc) is 3.31. The Morgan fingerprint density at radius 1 is 1.11 bits per heavy atom. The first-order valence-corrected chi connectivity index (χ1v) is 12.1. The Labute approximate surface area is 204 Å². The monoisotopic (exact) mass is 492 g/mol. The average molecular weight is 493 g/mol. The van der Waals surface area contributed by atoms with Crippen LogP contribution in [0.3, 0.4) is 0 Å². The van der Waals surface area contributed by atoms with Crippen molar-refractivity contribution in [3.05, 3.63) is 96.4 Å². The summed E-state index contributed by atoms with van der Waals surface area (Å²) in [6.45, 7) is 2.10. The van der Waals surface area contributed by atoms with Gasteiger partial charge >= 0.3 is 5.97 Å². The van der Waals surface area contributed by atoms with Gasteiger partial charge in [-0.15, -0.1) is 11.3 Å². The van der Waals surface area contributed by atoms with Crippen molar-refractivity contribution in [3.63, 3.8) is 0 Å². The largest absolute Gasteiger partial charge is 0.487 e. The zero-order valence-electron chi connectivity index (χ0n) is 19.2. The number of carbonyl (C=O) groups is 1. The first kappa shape index (κ1) is 23.1. The number of nitrogens with zero attached hydrogens (tertiary/aromatic N) is 2. The van der Waals surface area contributed by atoms with Gasteiger partial charge in [0.25, 0.3) is 5.56 Å². The summed E-state index contributed by atoms with van der Waals surface area (Å²) < 4.78 is 18.2. The molecule has 3 aromatic heterocycles. The number of para-hydroxylation sites is 1. The summed E-state index contributed by atoms with van der Waals surface area (Å²) in [5, 5.41) is 2.48. The van der Waals surface area contributed by atoms with Gasteiger partial charge in [0.2, 0.25) is 0 Å². The molecule has 0 atom stereocenters. The molecular weight excluding hydrogens is 468 g/mol. The van der Waals surface area contributed by atoms with Crippen LogP contribution in [0.15, 0.2) is 68.1 Å². The summed E-state index contributed by atoms with van der Waals surface area (Å²) in [7, 11) is 1.32. The molecule has 5 rings (SSSR count). The smallest absolute Gasteiger partial charge is 0.343 e. The normalized spacial score (nSPS) is 13.9. The number of hydrogen-bond donors (Lipinski definition) is 0. The van der Waals surface area contributed by atoms with E-state index in [-0.39, 0.29) is 28.9 Å². The first-order chi connectivity index (χ1) is 17.0. The highest BCUT2D eigenvalue weighted by Crippen LogP contribution is 2.26. The molecule has 0 spiro atoms. The van der Waals surface area contributed by atoms with Crippen LogP contribution in [0, 0.1) is 0 Å². The summed E-state index contributed by atoms with van der Waals surface area (Å²) in [6.07, 6.45) is 1.93. The number of fused-ring (bicyclic) bond motifs is 2. The van der Waals surface area contributed by atoms with E-state index < -0.39 is 5.97 Å². The van der Waals surface area contributed by atoms with E-state index in [1.807, 2.05) is 29.6 Å². The van der Waals surface area contributed by atoms with E-state index in [2.05, 4.69) is 4.90 Å². The summed E-state index contributed by atoms with van der Waals surface area (Å²) in [5.41, 5.74) is 1.66. The molecule has 4 aromatic rings. The van der Waals surface area contributed by atoms with Crippen molar-refractivity contribution in [1.82, 2.24) is 9.47 Å². The topological polar surface area (TPSA) is 91.0 Å². The Bertz CT molecular complexity index is 1490. The van der Waals surface area contributed by atoms with Crippen LogP contribution in [-0.2, 0) is 30.9 Å². The molecule has 8 nitrogen and oxygen atoms in total. The van der Waals surface area contributed by atoms with Gasteiger partial charge in [-0.2, -0.15) is 0 Å². The van der Waals surface area contributed by atoms with Crippen LogP contribution < -0.4 is 15.7 Å². The number of thiophene rings is 1. The first-order valence-electron chi connectivity index (χ1n) is 11.3. The molecule has 0 radical (unpaired) electrons. The van der Waals surface area contributed by atoms with Crippen molar-refractivity contribution in [2.45, 2.75) is 26.1 Å². The Morgan fingerprint density at radius 3 is 2.77 bits per heavy atom. The lowest BCUT2D eigenvalue weighted by Crippen LogP contribution is -2.30. The van der Waals surface area contributed by atoms with Crippen LogP contribution in [0.25, 0.3) is 11.0 Å². The number of aromatic nitrogens is 1. The molecule has 1 aromatic carbocycles. The highest BCUT2D eigenvalue weighted by atomic mass is 32.1. The molecule has 0 N–H and O–H groups in total. The number of hydrogen-bond acceptors (Lipinski definition) is 8. The zero-order chi connectivity index (χ0) is 24.4. The fraction of sp³-hybridized carbons (Fsp3) is 0.269. The fourth-order valence-electron chi connectivity index (χ4n) is 4.40. The van der Waals surface area contributed by atoms with Gasteiger partial charge in [0.1, 0.15) is 23.5 Å². The minimum absolute atomic E-state index is 0.0645. The van der Waals surface area contributed by atoms with E-state index in [1.54, 1.807) is 16.7 Å². The van der Waals surface area contributed by atoms with Gasteiger partial charge in [-0.25, -0.2) is 4.79 Å². The van der Waals surface area contributed by atoms with Crippen LogP contribution in [-0.4, -0.2) is 35.6 Å². The van der Waals surface area contributed by atoms with Gasteiger partial charge in [0.15, 0.2) is 5.43 Å². The van der Waals surface area contributed by atoms with E-state index >= 15 is 0 Å². The van der Waals surface area contributed by atoms with Crippen molar-refractivity contribution < 1.29 is 18.7 Å². The molecule has 4 heterocycles. The SMILES string of the molecule is COC(=O)c1c(OCc2cccs2)cc(=O)n2c1CCN(Cc1coc3ccccc3c1=O)CC2. The van der Waals surface area contributed by atoms with Crippen LogP contribution in [0.2, 0.25) is 0 Å². The van der Waals surface area contributed by atoms with Crippen LogP contribution in [0.1, 0.15) is 26.5 Å². The number of methoxy groups -OCH3 is 1. The molecule has 0 saturated carbocycles. The van der Waals surface area contributed by atoms with Crippen molar-refractivity contribution >= 4 is 28.3 Å². The minimum atomic E-state index is -0.543. The van der Waals surface area contributed by atoms with Gasteiger partial charge in [-0.3, -0.25) is 14.5 Å². The third-order valence-electron chi connectivity index (χ3n) is 6.17. The third-order valence-corrected chi connectivity index (χ3v) is 7.02. The molecule has 0 unspecified atom stereocenters. The van der Waals surface area contributed by atoms with Gasteiger partial charge in [-0.05, 0) is 23.6 Å². The second-order valence-corrected chi connectivity index (χ2v) is 9.32. The fourth-order valence-corrected chi connectivity index (χ4v) is 5.01. The zero-order valence-corrected chi connectivity index (χ0v) is 20.0. The predicted molar refractivity (Wildman–Crippen MR) is 132 cm³/mol. The number of ether oxygens (including phenoxy) is 2. The summed E-state index contributed by atoms with van der Waals surface area (Å²) >= 11 is 1.54. The van der Waals surface area contributed by atoms with Crippen molar-refractivity contribution in [2.75, 3.05) is 20.2 Å². The molecule has 9 heteroatoms. The Morgan fingerprint density at radius 2 is 1.97 bits per heavy atom. The number of rotatable bonds is 6. The van der Waals surface area contributed by atoms with E-state index in [0.717, 1.165) is 4.88 Å². The van der Waals surface area contributed by atoms with E-state index in [0.29, 0.717) is 54.8 Å². The maximum absolute atomic E-state index is 13.0. The molecule has 0 aliphatic carbocycles. The quantitative estimate of drug-likeness (QED) is 0.381. The lowest BCUT2D eigenvalue weighted by molar-refractivity contribution is 0.0592. The molecule has 0 fully saturated rings. The van der Waals surface area contributed by atoms with Gasteiger partial charge in [-0.1, -0.05) is 18.2 Å². The molecule has 1 aliphatic rings. The Hall–Kier alpha value is -3.69. The number of esters is 1. The molecule has 0 bridgehead atoms. The lowest BCUT2D eigenvalue weighted by atomic mass is 10.1. The molecule has 0 saturated heterocycles. The van der Waals surface area contributed by atoms with Crippen LogP contribution >= 0.6 is 11.3 Å². The maximum atomic E-state index is 13.0. The third kappa shape index (κ3) is 4.65. The summed E-state index contributed by atoms with van der Waals surface area (Å²) in [4.78, 5) is 41.7. The number of carbonyl (C=O) groups excluding carboxylic acids is 1. The van der Waals surface area contributed by atoms with Crippen molar-refractivity contribution in [2.24, 2.45) is 0 Å². The van der Waals surface area contributed by atoms with E-state index in [1.165, 1.54) is 30.8 Å². The van der Waals surface area contributed by atoms with Crippen LogP contribution in [0.5, 0.6) is 5.75 Å². The van der Waals surface area contributed by atoms with Crippen molar-refractivity contribution in [3.8, 4) is 5.75 Å². The van der Waals surface area contributed by atoms with Crippen molar-refractivity contribution in [1.29, 1.82) is 0 Å². The lowest BCUT2D eigenvalue weighted by Gasteiger charge is -2.18.